The number of likely N-dealkylation sites (N-methyl/N-ethyl adjacent to an activating group) is 1. The first-order valence-electron chi connectivity index (χ1n) is 6.11. The van der Waals surface area contributed by atoms with Crippen molar-refractivity contribution in [3.8, 4) is 0 Å². The summed E-state index contributed by atoms with van der Waals surface area (Å²) < 4.78 is 2.14. The summed E-state index contributed by atoms with van der Waals surface area (Å²) in [6, 6.07) is 2.85. The monoisotopic (exact) mass is 207 g/mol. The highest BCUT2D eigenvalue weighted by molar-refractivity contribution is 5.13. The van der Waals surface area contributed by atoms with Gasteiger partial charge in [0.15, 0.2) is 0 Å². The third-order valence-corrected chi connectivity index (χ3v) is 3.41. The van der Waals surface area contributed by atoms with Crippen molar-refractivity contribution >= 4 is 0 Å². The Morgan fingerprint density at radius 2 is 2.33 bits per heavy atom. The second-order valence-electron chi connectivity index (χ2n) is 4.27. The predicted molar refractivity (Wildman–Crippen MR) is 62.0 cm³/mol. The average Bonchev–Trinajstić information content (AvgIpc) is 2.84. The lowest BCUT2D eigenvalue weighted by Gasteiger charge is -2.21. The molecule has 1 aromatic rings. The van der Waals surface area contributed by atoms with Gasteiger partial charge in [-0.25, -0.2) is 0 Å². The Morgan fingerprint density at radius 1 is 1.47 bits per heavy atom. The van der Waals surface area contributed by atoms with E-state index in [4.69, 9.17) is 0 Å². The van der Waals surface area contributed by atoms with Crippen LogP contribution in [-0.2, 0) is 6.54 Å². The molecule has 3 heteroatoms. The molecule has 84 valence electrons. The molecule has 0 aromatic carbocycles. The normalized spacial score (nSPS) is 26.0. The Morgan fingerprint density at radius 3 is 3.07 bits per heavy atom. The highest BCUT2D eigenvalue weighted by Crippen LogP contribution is 2.34. The summed E-state index contributed by atoms with van der Waals surface area (Å²) in [6.07, 6.45) is 5.90. The van der Waals surface area contributed by atoms with Crippen LogP contribution in [0, 0.1) is 0 Å². The van der Waals surface area contributed by atoms with Crippen molar-refractivity contribution in [3.05, 3.63) is 18.0 Å². The van der Waals surface area contributed by atoms with Crippen molar-refractivity contribution in [1.82, 2.24) is 15.1 Å². The molecule has 3 nitrogen and oxygen atoms in total. The molecule has 0 bridgehead atoms. The van der Waals surface area contributed by atoms with Gasteiger partial charge in [-0.3, -0.25) is 4.68 Å². The summed E-state index contributed by atoms with van der Waals surface area (Å²) in [5, 5.41) is 7.96. The first-order chi connectivity index (χ1) is 7.36. The first kappa shape index (κ1) is 10.7. The van der Waals surface area contributed by atoms with Crippen LogP contribution in [0.1, 0.15) is 44.7 Å². The van der Waals surface area contributed by atoms with Crippen molar-refractivity contribution in [1.29, 1.82) is 0 Å². The molecular formula is C12H21N3. The van der Waals surface area contributed by atoms with Crippen LogP contribution in [0.5, 0.6) is 0 Å². The molecule has 0 spiro atoms. The van der Waals surface area contributed by atoms with Gasteiger partial charge in [-0.15, -0.1) is 0 Å². The van der Waals surface area contributed by atoms with Crippen LogP contribution in [-0.4, -0.2) is 22.4 Å². The minimum atomic E-state index is 0.664. The van der Waals surface area contributed by atoms with Gasteiger partial charge in [0.05, 0.1) is 0 Å². The number of hydrogen-bond donors (Lipinski definition) is 1. The highest BCUT2D eigenvalue weighted by Gasteiger charge is 2.29. The van der Waals surface area contributed by atoms with Crippen LogP contribution in [0.15, 0.2) is 12.3 Å². The van der Waals surface area contributed by atoms with Crippen molar-refractivity contribution in [2.24, 2.45) is 0 Å². The third kappa shape index (κ3) is 2.07. The molecule has 1 aliphatic rings. The van der Waals surface area contributed by atoms with Gasteiger partial charge < -0.3 is 5.32 Å². The van der Waals surface area contributed by atoms with Gasteiger partial charge in [0.2, 0.25) is 0 Å². The molecule has 1 aliphatic carbocycles. The summed E-state index contributed by atoms with van der Waals surface area (Å²) in [7, 11) is 0. The van der Waals surface area contributed by atoms with Crippen molar-refractivity contribution < 1.29 is 0 Å². The zero-order chi connectivity index (χ0) is 10.7. The standard InChI is InChI=1S/C12H21N3/c1-3-13-11-7-5-6-10(11)12-8-9-14-15(12)4-2/h8-11,13H,3-7H2,1-2H3. The molecule has 1 N–H and O–H groups in total. The highest BCUT2D eigenvalue weighted by atomic mass is 15.3. The zero-order valence-corrected chi connectivity index (χ0v) is 9.74. The van der Waals surface area contributed by atoms with Crippen LogP contribution in [0.4, 0.5) is 0 Å². The molecule has 0 amide bonds. The Kier molecular flexibility index (Phi) is 3.41. The van der Waals surface area contributed by atoms with E-state index in [9.17, 15) is 0 Å². The SMILES string of the molecule is CCNC1CCCC1c1ccnn1CC. The van der Waals surface area contributed by atoms with Crippen molar-refractivity contribution in [2.45, 2.75) is 51.6 Å². The number of hydrogen-bond acceptors (Lipinski definition) is 2. The maximum Gasteiger partial charge on any atom is 0.0492 e. The molecule has 1 heterocycles. The number of rotatable bonds is 4. The summed E-state index contributed by atoms with van der Waals surface area (Å²) in [6.45, 7) is 6.40. The number of aryl methyl sites for hydroxylation is 1. The largest absolute Gasteiger partial charge is 0.314 e. The zero-order valence-electron chi connectivity index (χ0n) is 9.74. The Bertz CT molecular complexity index is 306. The number of aromatic nitrogens is 2. The van der Waals surface area contributed by atoms with Gasteiger partial charge in [-0.2, -0.15) is 5.10 Å². The van der Waals surface area contributed by atoms with Crippen LogP contribution in [0.3, 0.4) is 0 Å². The van der Waals surface area contributed by atoms with E-state index in [-0.39, 0.29) is 0 Å². The molecule has 0 radical (unpaired) electrons. The van der Waals surface area contributed by atoms with Gasteiger partial charge >= 0.3 is 0 Å². The minimum absolute atomic E-state index is 0.664. The minimum Gasteiger partial charge on any atom is -0.314 e. The van der Waals surface area contributed by atoms with E-state index >= 15 is 0 Å². The average molecular weight is 207 g/mol. The smallest absolute Gasteiger partial charge is 0.0492 e. The third-order valence-electron chi connectivity index (χ3n) is 3.41. The number of nitrogens with one attached hydrogen (secondary N) is 1. The molecule has 1 aromatic heterocycles. The lowest BCUT2D eigenvalue weighted by Crippen LogP contribution is -2.31. The maximum atomic E-state index is 4.36. The lowest BCUT2D eigenvalue weighted by molar-refractivity contribution is 0.462. The fourth-order valence-electron chi connectivity index (χ4n) is 2.74. The van der Waals surface area contributed by atoms with E-state index in [1.807, 2.05) is 6.20 Å². The van der Waals surface area contributed by atoms with Gasteiger partial charge in [-0.05, 0) is 32.4 Å². The van der Waals surface area contributed by atoms with Crippen LogP contribution in [0.25, 0.3) is 0 Å². The summed E-state index contributed by atoms with van der Waals surface area (Å²) in [5.41, 5.74) is 1.42. The van der Waals surface area contributed by atoms with Crippen LogP contribution < -0.4 is 5.32 Å². The van der Waals surface area contributed by atoms with E-state index in [0.717, 1.165) is 13.1 Å². The molecule has 1 saturated carbocycles. The Hall–Kier alpha value is -0.830. The summed E-state index contributed by atoms with van der Waals surface area (Å²) in [5.74, 6) is 0.674. The van der Waals surface area contributed by atoms with Gasteiger partial charge in [0.25, 0.3) is 0 Å². The Labute approximate surface area is 91.9 Å². The van der Waals surface area contributed by atoms with Gasteiger partial charge in [-0.1, -0.05) is 13.3 Å². The maximum absolute atomic E-state index is 4.36. The van der Waals surface area contributed by atoms with E-state index in [0.29, 0.717) is 12.0 Å². The fraction of sp³-hybridized carbons (Fsp3) is 0.750. The molecule has 0 saturated heterocycles. The topological polar surface area (TPSA) is 29.9 Å². The second kappa shape index (κ2) is 4.79. The fourth-order valence-corrected chi connectivity index (χ4v) is 2.74. The van der Waals surface area contributed by atoms with Crippen LogP contribution >= 0.6 is 0 Å². The van der Waals surface area contributed by atoms with Crippen LogP contribution in [0.2, 0.25) is 0 Å². The first-order valence-corrected chi connectivity index (χ1v) is 6.11. The van der Waals surface area contributed by atoms with E-state index in [1.54, 1.807) is 0 Å². The predicted octanol–water partition coefficient (Wildman–Crippen LogP) is 2.15. The molecule has 15 heavy (non-hydrogen) atoms. The summed E-state index contributed by atoms with van der Waals surface area (Å²) in [4.78, 5) is 0. The van der Waals surface area contributed by atoms with Crippen molar-refractivity contribution in [3.63, 3.8) is 0 Å². The van der Waals surface area contributed by atoms with E-state index in [1.165, 1.54) is 25.0 Å². The van der Waals surface area contributed by atoms with E-state index in [2.05, 4.69) is 35.0 Å². The van der Waals surface area contributed by atoms with Gasteiger partial charge in [0.1, 0.15) is 0 Å². The lowest BCUT2D eigenvalue weighted by atomic mass is 9.99. The molecule has 2 unspecified atom stereocenters. The molecule has 0 aliphatic heterocycles. The Balaban J connectivity index is 2.15. The molecule has 2 atom stereocenters. The van der Waals surface area contributed by atoms with E-state index < -0.39 is 0 Å². The van der Waals surface area contributed by atoms with Gasteiger partial charge in [0, 0.05) is 30.4 Å². The summed E-state index contributed by atoms with van der Waals surface area (Å²) >= 11 is 0. The molecular weight excluding hydrogens is 186 g/mol. The molecule has 1 fully saturated rings. The second-order valence-corrected chi connectivity index (χ2v) is 4.27. The van der Waals surface area contributed by atoms with Crippen molar-refractivity contribution in [2.75, 3.05) is 6.54 Å². The quantitative estimate of drug-likeness (QED) is 0.820. The molecule has 2 rings (SSSR count). The number of nitrogens with zero attached hydrogens (tertiary/aromatic N) is 2.